The van der Waals surface area contributed by atoms with Gasteiger partial charge in [-0.3, -0.25) is 11.3 Å². The van der Waals surface area contributed by atoms with E-state index in [4.69, 9.17) is 5.84 Å². The van der Waals surface area contributed by atoms with E-state index >= 15 is 0 Å². The first-order valence-electron chi connectivity index (χ1n) is 7.14. The first kappa shape index (κ1) is 15.5. The zero-order chi connectivity index (χ0) is 15.4. The van der Waals surface area contributed by atoms with Crippen LogP contribution >= 0.6 is 0 Å². The standard InChI is InChI=1S/C15H24N6/c1-11(2)21-15(17-10-18-21)9-14(19-16)12-5-7-13(8-6-12)20(3)4/h5-8,10-11,14,19H,9,16H2,1-4H3. The number of benzene rings is 1. The summed E-state index contributed by atoms with van der Waals surface area (Å²) < 4.78 is 1.93. The van der Waals surface area contributed by atoms with Gasteiger partial charge < -0.3 is 4.90 Å². The third kappa shape index (κ3) is 3.59. The number of nitrogens with two attached hydrogens (primary N) is 1. The Balaban J connectivity index is 2.17. The monoisotopic (exact) mass is 288 g/mol. The predicted molar refractivity (Wildman–Crippen MR) is 84.9 cm³/mol. The Morgan fingerprint density at radius 1 is 1.24 bits per heavy atom. The predicted octanol–water partition coefficient (Wildman–Crippen LogP) is 1.67. The first-order chi connectivity index (χ1) is 10.0. The van der Waals surface area contributed by atoms with Crippen LogP contribution in [0.5, 0.6) is 0 Å². The fourth-order valence-electron chi connectivity index (χ4n) is 2.31. The average Bonchev–Trinajstić information content (AvgIpc) is 2.93. The highest BCUT2D eigenvalue weighted by Gasteiger charge is 2.16. The molecule has 21 heavy (non-hydrogen) atoms. The van der Waals surface area contributed by atoms with Crippen LogP contribution in [0.15, 0.2) is 30.6 Å². The molecule has 2 rings (SSSR count). The van der Waals surface area contributed by atoms with Crippen molar-refractivity contribution in [2.24, 2.45) is 5.84 Å². The lowest BCUT2D eigenvalue weighted by atomic mass is 10.0. The number of anilines is 1. The third-order valence-corrected chi connectivity index (χ3v) is 3.54. The molecule has 0 amide bonds. The molecule has 1 atom stereocenters. The summed E-state index contributed by atoms with van der Waals surface area (Å²) in [5, 5.41) is 4.26. The molecule has 0 saturated carbocycles. The van der Waals surface area contributed by atoms with Gasteiger partial charge in [0.15, 0.2) is 0 Å². The largest absolute Gasteiger partial charge is 0.378 e. The van der Waals surface area contributed by atoms with Gasteiger partial charge in [0.1, 0.15) is 12.2 Å². The van der Waals surface area contributed by atoms with Gasteiger partial charge in [-0.15, -0.1) is 0 Å². The molecule has 0 radical (unpaired) electrons. The summed E-state index contributed by atoms with van der Waals surface area (Å²) in [6.45, 7) is 4.18. The second kappa shape index (κ2) is 6.69. The van der Waals surface area contributed by atoms with Crippen LogP contribution in [0.25, 0.3) is 0 Å². The van der Waals surface area contributed by atoms with E-state index in [9.17, 15) is 0 Å². The normalized spacial score (nSPS) is 12.7. The molecule has 0 fully saturated rings. The Labute approximate surface area is 125 Å². The quantitative estimate of drug-likeness (QED) is 0.625. The highest BCUT2D eigenvalue weighted by atomic mass is 15.3. The van der Waals surface area contributed by atoms with E-state index in [1.165, 1.54) is 5.69 Å². The molecule has 0 aliphatic carbocycles. The maximum Gasteiger partial charge on any atom is 0.138 e. The SMILES string of the molecule is CC(C)n1ncnc1CC(NN)c1ccc(N(C)C)cc1. The topological polar surface area (TPSA) is 72.0 Å². The van der Waals surface area contributed by atoms with Crippen LogP contribution in [0.3, 0.4) is 0 Å². The van der Waals surface area contributed by atoms with Gasteiger partial charge in [-0.1, -0.05) is 12.1 Å². The van der Waals surface area contributed by atoms with Crippen molar-refractivity contribution in [1.82, 2.24) is 20.2 Å². The number of hydrogen-bond donors (Lipinski definition) is 2. The Hall–Kier alpha value is -1.92. The fraction of sp³-hybridized carbons (Fsp3) is 0.467. The minimum absolute atomic E-state index is 0.0166. The molecule has 0 bridgehead atoms. The lowest BCUT2D eigenvalue weighted by Crippen LogP contribution is -2.30. The van der Waals surface area contributed by atoms with Crippen LogP contribution in [0.2, 0.25) is 0 Å². The van der Waals surface area contributed by atoms with Crippen molar-refractivity contribution in [3.8, 4) is 0 Å². The molecule has 1 aromatic carbocycles. The molecule has 1 aromatic heterocycles. The van der Waals surface area contributed by atoms with E-state index in [1.54, 1.807) is 6.33 Å². The van der Waals surface area contributed by atoms with Crippen LogP contribution in [0.1, 0.15) is 37.3 Å². The van der Waals surface area contributed by atoms with Crippen molar-refractivity contribution < 1.29 is 0 Å². The number of nitrogens with one attached hydrogen (secondary N) is 1. The second-order valence-electron chi connectivity index (χ2n) is 5.62. The van der Waals surface area contributed by atoms with Crippen molar-refractivity contribution in [3.63, 3.8) is 0 Å². The molecular formula is C15H24N6. The number of nitrogens with zero attached hydrogens (tertiary/aromatic N) is 4. The van der Waals surface area contributed by atoms with Gasteiger partial charge in [-0.05, 0) is 31.5 Å². The maximum absolute atomic E-state index is 5.73. The van der Waals surface area contributed by atoms with E-state index in [-0.39, 0.29) is 12.1 Å². The molecule has 0 saturated heterocycles. The lowest BCUT2D eigenvalue weighted by molar-refractivity contribution is 0.468. The number of hydrogen-bond acceptors (Lipinski definition) is 5. The molecule has 6 heteroatoms. The molecule has 1 heterocycles. The van der Waals surface area contributed by atoms with E-state index in [0.717, 1.165) is 11.4 Å². The van der Waals surface area contributed by atoms with Crippen LogP contribution in [-0.2, 0) is 6.42 Å². The summed E-state index contributed by atoms with van der Waals surface area (Å²) in [4.78, 5) is 6.42. The van der Waals surface area contributed by atoms with Crippen LogP contribution in [0, 0.1) is 0 Å². The highest BCUT2D eigenvalue weighted by molar-refractivity contribution is 5.46. The number of aromatic nitrogens is 3. The molecule has 114 valence electrons. The van der Waals surface area contributed by atoms with E-state index in [2.05, 4.69) is 58.5 Å². The minimum atomic E-state index is 0.0166. The van der Waals surface area contributed by atoms with Gasteiger partial charge in [-0.25, -0.2) is 9.67 Å². The minimum Gasteiger partial charge on any atom is -0.378 e. The van der Waals surface area contributed by atoms with Crippen molar-refractivity contribution >= 4 is 5.69 Å². The average molecular weight is 288 g/mol. The van der Waals surface area contributed by atoms with E-state index in [0.29, 0.717) is 6.42 Å². The van der Waals surface area contributed by atoms with Crippen molar-refractivity contribution in [3.05, 3.63) is 42.0 Å². The summed E-state index contributed by atoms with van der Waals surface area (Å²) in [5.74, 6) is 6.66. The van der Waals surface area contributed by atoms with Crippen LogP contribution in [-0.4, -0.2) is 28.9 Å². The maximum atomic E-state index is 5.73. The fourth-order valence-corrected chi connectivity index (χ4v) is 2.31. The second-order valence-corrected chi connectivity index (χ2v) is 5.62. The van der Waals surface area contributed by atoms with Gasteiger partial charge >= 0.3 is 0 Å². The highest BCUT2D eigenvalue weighted by Crippen LogP contribution is 2.21. The zero-order valence-corrected chi connectivity index (χ0v) is 13.1. The molecule has 0 aliphatic rings. The van der Waals surface area contributed by atoms with Crippen molar-refractivity contribution in [1.29, 1.82) is 0 Å². The lowest BCUT2D eigenvalue weighted by Gasteiger charge is -2.19. The molecule has 2 aromatic rings. The molecule has 3 N–H and O–H groups in total. The summed E-state index contributed by atoms with van der Waals surface area (Å²) in [7, 11) is 4.05. The number of hydrazine groups is 1. The van der Waals surface area contributed by atoms with Crippen molar-refractivity contribution in [2.45, 2.75) is 32.4 Å². The first-order valence-corrected chi connectivity index (χ1v) is 7.14. The van der Waals surface area contributed by atoms with E-state index < -0.39 is 0 Å². The smallest absolute Gasteiger partial charge is 0.138 e. The van der Waals surface area contributed by atoms with Gasteiger partial charge in [0, 0.05) is 32.2 Å². The summed E-state index contributed by atoms with van der Waals surface area (Å²) in [6, 6.07) is 8.67. The van der Waals surface area contributed by atoms with Crippen LogP contribution in [0.4, 0.5) is 5.69 Å². The van der Waals surface area contributed by atoms with Gasteiger partial charge in [0.2, 0.25) is 0 Å². The number of rotatable bonds is 6. The summed E-state index contributed by atoms with van der Waals surface area (Å²) in [6.07, 6.45) is 2.30. The Kier molecular flexibility index (Phi) is 4.93. The summed E-state index contributed by atoms with van der Waals surface area (Å²) >= 11 is 0. The molecule has 1 unspecified atom stereocenters. The van der Waals surface area contributed by atoms with Crippen molar-refractivity contribution in [2.75, 3.05) is 19.0 Å². The van der Waals surface area contributed by atoms with Crippen LogP contribution < -0.4 is 16.2 Å². The third-order valence-electron chi connectivity index (χ3n) is 3.54. The molecule has 0 spiro atoms. The Morgan fingerprint density at radius 2 is 1.90 bits per heavy atom. The van der Waals surface area contributed by atoms with Gasteiger partial charge in [-0.2, -0.15) is 5.10 Å². The van der Waals surface area contributed by atoms with Gasteiger partial charge in [0.25, 0.3) is 0 Å². The molecule has 0 aliphatic heterocycles. The summed E-state index contributed by atoms with van der Waals surface area (Å²) in [5.41, 5.74) is 5.18. The molecule has 6 nitrogen and oxygen atoms in total. The Bertz CT molecular complexity index is 558. The van der Waals surface area contributed by atoms with E-state index in [1.807, 2.05) is 18.8 Å². The zero-order valence-electron chi connectivity index (χ0n) is 13.1. The van der Waals surface area contributed by atoms with Gasteiger partial charge in [0.05, 0.1) is 6.04 Å². The Morgan fingerprint density at radius 3 is 2.43 bits per heavy atom. The molecular weight excluding hydrogens is 264 g/mol.